The van der Waals surface area contributed by atoms with Gasteiger partial charge in [0.25, 0.3) is 0 Å². The molecule has 0 radical (unpaired) electrons. The molecule has 5 heterocycles. The molecule has 0 amide bonds. The molecule has 34 heavy (non-hydrogen) atoms. The molecule has 0 N–H and O–H groups in total. The number of pyridine rings is 1. The molecular formula is C24H19Cl2N5O2S. The van der Waals surface area contributed by atoms with Crippen LogP contribution in [-0.2, 0) is 24.3 Å². The Bertz CT molecular complexity index is 1640. The highest BCUT2D eigenvalue weighted by molar-refractivity contribution is 7.19. The lowest BCUT2D eigenvalue weighted by molar-refractivity contribution is -0.0379. The van der Waals surface area contributed by atoms with Crippen molar-refractivity contribution in [3.05, 3.63) is 79.3 Å². The number of thiophene rings is 1. The highest BCUT2D eigenvalue weighted by atomic mass is 35.5. The van der Waals surface area contributed by atoms with E-state index in [2.05, 4.69) is 23.9 Å². The fraction of sp³-hybridized carbons (Fsp3) is 0.250. The maximum Gasteiger partial charge on any atom is 0.352 e. The van der Waals surface area contributed by atoms with Gasteiger partial charge < -0.3 is 4.74 Å². The lowest BCUT2D eigenvalue weighted by atomic mass is 9.94. The van der Waals surface area contributed by atoms with E-state index >= 15 is 0 Å². The van der Waals surface area contributed by atoms with Gasteiger partial charge in [0.05, 0.1) is 24.1 Å². The fourth-order valence-electron chi connectivity index (χ4n) is 4.35. The van der Waals surface area contributed by atoms with Gasteiger partial charge in [-0.25, -0.2) is 9.78 Å². The van der Waals surface area contributed by atoms with Crippen LogP contribution in [0, 0.1) is 0 Å². The molecule has 0 fully saturated rings. The highest BCUT2D eigenvalue weighted by Gasteiger charge is 2.32. The Morgan fingerprint density at radius 3 is 2.74 bits per heavy atom. The monoisotopic (exact) mass is 511 g/mol. The van der Waals surface area contributed by atoms with Crippen molar-refractivity contribution in [2.45, 2.75) is 39.0 Å². The molecule has 1 aromatic carbocycles. The molecule has 5 aromatic rings. The summed E-state index contributed by atoms with van der Waals surface area (Å²) < 4.78 is 9.19. The zero-order chi connectivity index (χ0) is 23.6. The quantitative estimate of drug-likeness (QED) is 0.325. The van der Waals surface area contributed by atoms with E-state index in [0.29, 0.717) is 28.1 Å². The van der Waals surface area contributed by atoms with Gasteiger partial charge in [-0.05, 0) is 49.2 Å². The smallest absolute Gasteiger partial charge is 0.352 e. The third kappa shape index (κ3) is 3.53. The van der Waals surface area contributed by atoms with Crippen LogP contribution in [0.15, 0.2) is 47.5 Å². The van der Waals surface area contributed by atoms with Crippen LogP contribution in [0.3, 0.4) is 0 Å². The van der Waals surface area contributed by atoms with Gasteiger partial charge in [-0.2, -0.15) is 4.52 Å². The molecule has 0 saturated carbocycles. The van der Waals surface area contributed by atoms with Crippen molar-refractivity contribution < 1.29 is 4.74 Å². The third-order valence-corrected chi connectivity index (χ3v) is 7.85. The van der Waals surface area contributed by atoms with Gasteiger partial charge in [-0.1, -0.05) is 29.3 Å². The zero-order valence-electron chi connectivity index (χ0n) is 18.4. The van der Waals surface area contributed by atoms with Crippen LogP contribution in [0.2, 0.25) is 10.0 Å². The number of fused-ring (bicyclic) bond motifs is 5. The SMILES string of the molecule is CC1(C)Cc2c(sc3c2c2nc(-c4ccncc4)nn2c(=O)n3Cc2ccc(Cl)cc2Cl)CO1. The molecule has 0 bridgehead atoms. The van der Waals surface area contributed by atoms with Gasteiger partial charge in [0.2, 0.25) is 0 Å². The number of hydrogen-bond donors (Lipinski definition) is 0. The summed E-state index contributed by atoms with van der Waals surface area (Å²) in [5, 5.41) is 6.59. The summed E-state index contributed by atoms with van der Waals surface area (Å²) in [5.74, 6) is 0.481. The van der Waals surface area contributed by atoms with Gasteiger partial charge in [-0.15, -0.1) is 16.4 Å². The number of hydrogen-bond acceptors (Lipinski definition) is 6. The number of nitrogens with zero attached hydrogens (tertiary/aromatic N) is 5. The number of ether oxygens (including phenoxy) is 1. The van der Waals surface area contributed by atoms with E-state index in [4.69, 9.17) is 32.9 Å². The normalized spacial score (nSPS) is 15.2. The van der Waals surface area contributed by atoms with Crippen LogP contribution in [0.1, 0.15) is 29.9 Å². The van der Waals surface area contributed by atoms with Crippen molar-refractivity contribution in [2.24, 2.45) is 0 Å². The second-order valence-corrected chi connectivity index (χ2v) is 10.8. The fourth-order valence-corrected chi connectivity index (χ4v) is 6.04. The van der Waals surface area contributed by atoms with Crippen molar-refractivity contribution in [3.8, 4) is 11.4 Å². The first-order valence-electron chi connectivity index (χ1n) is 10.7. The molecule has 0 atom stereocenters. The lowest BCUT2D eigenvalue weighted by Gasteiger charge is -2.30. The minimum absolute atomic E-state index is 0.278. The van der Waals surface area contributed by atoms with Crippen molar-refractivity contribution in [2.75, 3.05) is 0 Å². The standard InChI is InChI=1S/C24H19Cl2N5O2S/c1-24(2)10-16-18(12-33-24)34-22-19(16)21-28-20(13-5-7-27-8-6-13)29-31(21)23(32)30(22)11-14-3-4-15(25)9-17(14)26/h3-9H,10-12H2,1-2H3. The first kappa shape index (κ1) is 21.7. The van der Waals surface area contributed by atoms with Crippen LogP contribution < -0.4 is 5.69 Å². The maximum atomic E-state index is 13.7. The minimum Gasteiger partial charge on any atom is -0.370 e. The Balaban J connectivity index is 1.66. The van der Waals surface area contributed by atoms with Gasteiger partial charge in [0.15, 0.2) is 11.5 Å². The van der Waals surface area contributed by atoms with Crippen LogP contribution in [0.5, 0.6) is 0 Å². The van der Waals surface area contributed by atoms with E-state index in [-0.39, 0.29) is 17.8 Å². The third-order valence-electron chi connectivity index (χ3n) is 6.04. The van der Waals surface area contributed by atoms with Crippen molar-refractivity contribution in [1.29, 1.82) is 0 Å². The van der Waals surface area contributed by atoms with Gasteiger partial charge in [0.1, 0.15) is 4.83 Å². The van der Waals surface area contributed by atoms with Crippen LogP contribution in [0.4, 0.5) is 0 Å². The maximum absolute atomic E-state index is 13.7. The molecule has 10 heteroatoms. The Kier molecular flexibility index (Phi) is 5.04. The first-order chi connectivity index (χ1) is 16.3. The highest BCUT2D eigenvalue weighted by Crippen LogP contribution is 2.40. The zero-order valence-corrected chi connectivity index (χ0v) is 20.7. The molecule has 1 aliphatic heterocycles. The van der Waals surface area contributed by atoms with E-state index in [1.54, 1.807) is 40.4 Å². The van der Waals surface area contributed by atoms with Gasteiger partial charge >= 0.3 is 5.69 Å². The van der Waals surface area contributed by atoms with Crippen LogP contribution in [-0.4, -0.2) is 29.8 Å². The Morgan fingerprint density at radius 2 is 1.97 bits per heavy atom. The summed E-state index contributed by atoms with van der Waals surface area (Å²) >= 11 is 14.1. The summed E-state index contributed by atoms with van der Waals surface area (Å²) in [6, 6.07) is 8.97. The van der Waals surface area contributed by atoms with E-state index < -0.39 is 0 Å². The Morgan fingerprint density at radius 1 is 1.18 bits per heavy atom. The molecule has 7 nitrogen and oxygen atoms in total. The molecule has 0 unspecified atom stereocenters. The number of aromatic nitrogens is 5. The molecule has 4 aromatic heterocycles. The summed E-state index contributed by atoms with van der Waals surface area (Å²) in [7, 11) is 0. The number of benzene rings is 1. The molecular weight excluding hydrogens is 493 g/mol. The molecule has 0 aliphatic carbocycles. The van der Waals surface area contributed by atoms with E-state index in [1.165, 1.54) is 4.52 Å². The summed E-state index contributed by atoms with van der Waals surface area (Å²) in [4.78, 5) is 24.5. The minimum atomic E-state index is -0.313. The van der Waals surface area contributed by atoms with Gasteiger partial charge in [0, 0.05) is 39.3 Å². The predicted molar refractivity (Wildman–Crippen MR) is 134 cm³/mol. The van der Waals surface area contributed by atoms with E-state index in [9.17, 15) is 4.79 Å². The average molecular weight is 512 g/mol. The largest absolute Gasteiger partial charge is 0.370 e. The van der Waals surface area contributed by atoms with Crippen molar-refractivity contribution >= 4 is 50.4 Å². The van der Waals surface area contributed by atoms with Gasteiger partial charge in [-0.3, -0.25) is 9.55 Å². The number of halogens is 2. The Labute approximate surface area is 208 Å². The Hall–Kier alpha value is -2.78. The predicted octanol–water partition coefficient (Wildman–Crippen LogP) is 5.37. The van der Waals surface area contributed by atoms with Crippen molar-refractivity contribution in [1.82, 2.24) is 24.1 Å². The van der Waals surface area contributed by atoms with E-state index in [0.717, 1.165) is 38.2 Å². The van der Waals surface area contributed by atoms with E-state index in [1.807, 2.05) is 18.2 Å². The summed E-state index contributed by atoms with van der Waals surface area (Å²) in [6.07, 6.45) is 4.09. The van der Waals surface area contributed by atoms with Crippen LogP contribution >= 0.6 is 34.5 Å². The summed E-state index contributed by atoms with van der Waals surface area (Å²) in [5.41, 5.74) is 2.72. The van der Waals surface area contributed by atoms with Crippen molar-refractivity contribution in [3.63, 3.8) is 0 Å². The summed E-state index contributed by atoms with van der Waals surface area (Å²) in [6.45, 7) is 4.93. The molecule has 0 saturated heterocycles. The van der Waals surface area contributed by atoms with Crippen LogP contribution in [0.25, 0.3) is 27.3 Å². The molecule has 172 valence electrons. The first-order valence-corrected chi connectivity index (χ1v) is 12.3. The second kappa shape index (κ2) is 7.88. The molecule has 1 aliphatic rings. The molecule has 0 spiro atoms. The lowest BCUT2D eigenvalue weighted by Crippen LogP contribution is -2.31. The second-order valence-electron chi connectivity index (χ2n) is 8.92. The average Bonchev–Trinajstić information content (AvgIpc) is 3.40. The number of rotatable bonds is 3. The molecule has 6 rings (SSSR count). The topological polar surface area (TPSA) is 74.3 Å².